The van der Waals surface area contributed by atoms with Crippen LogP contribution in [0, 0.1) is 0 Å². The Kier molecular flexibility index (Phi) is 4.21. The highest BCUT2D eigenvalue weighted by molar-refractivity contribution is 5.99. The Bertz CT molecular complexity index is 278. The van der Waals surface area contributed by atoms with E-state index in [1.165, 1.54) is 13.0 Å². The van der Waals surface area contributed by atoms with E-state index in [0.29, 0.717) is 11.8 Å². The fourth-order valence-corrected chi connectivity index (χ4v) is 0.529. The van der Waals surface area contributed by atoms with Crippen LogP contribution in [0.15, 0.2) is 35.2 Å². The first-order chi connectivity index (χ1) is 5.91. The van der Waals surface area contributed by atoms with Crippen LogP contribution in [0.1, 0.15) is 13.8 Å². The van der Waals surface area contributed by atoms with Gasteiger partial charge in [-0.3, -0.25) is 0 Å². The molecule has 0 amide bonds. The van der Waals surface area contributed by atoms with E-state index in [9.17, 15) is 13.2 Å². The molecule has 72 valence electrons. The van der Waals surface area contributed by atoms with Gasteiger partial charge in [0, 0.05) is 11.8 Å². The van der Waals surface area contributed by atoms with Crippen molar-refractivity contribution in [2.75, 3.05) is 0 Å². The summed E-state index contributed by atoms with van der Waals surface area (Å²) in [6, 6.07) is 0. The van der Waals surface area contributed by atoms with Crippen molar-refractivity contribution in [1.82, 2.24) is 0 Å². The third-order valence-corrected chi connectivity index (χ3v) is 1.24. The highest BCUT2D eigenvalue weighted by atomic mass is 19.4. The van der Waals surface area contributed by atoms with Gasteiger partial charge in [0.25, 0.3) is 0 Å². The van der Waals surface area contributed by atoms with Gasteiger partial charge in [-0.2, -0.15) is 13.2 Å². The Morgan fingerprint density at radius 3 is 2.31 bits per heavy atom. The second-order valence-corrected chi connectivity index (χ2v) is 2.27. The largest absolute Gasteiger partial charge is 0.433 e. The molecule has 4 heteroatoms. The minimum atomic E-state index is -4.45. The molecule has 0 rings (SSSR count). The van der Waals surface area contributed by atoms with E-state index in [0.717, 1.165) is 0 Å². The van der Waals surface area contributed by atoms with Gasteiger partial charge in [-0.1, -0.05) is 12.7 Å². The molecule has 0 heterocycles. The minimum absolute atomic E-state index is 0.304. The summed E-state index contributed by atoms with van der Waals surface area (Å²) in [6.45, 7) is 6.17. The zero-order chi connectivity index (χ0) is 10.5. The normalized spacial score (nSPS) is 13.9. The van der Waals surface area contributed by atoms with E-state index in [2.05, 4.69) is 17.3 Å². The first-order valence-electron chi connectivity index (χ1n) is 3.56. The van der Waals surface area contributed by atoms with Gasteiger partial charge in [-0.25, -0.2) is 4.99 Å². The Hall–Kier alpha value is -1.28. The summed E-state index contributed by atoms with van der Waals surface area (Å²) in [4.78, 5) is 3.35. The lowest BCUT2D eigenvalue weighted by atomic mass is 10.3. The second kappa shape index (κ2) is 4.67. The molecule has 0 atom stereocenters. The number of nitrogens with zero attached hydrogens (tertiary/aromatic N) is 1. The van der Waals surface area contributed by atoms with Gasteiger partial charge in [-0.05, 0) is 13.8 Å². The van der Waals surface area contributed by atoms with Crippen molar-refractivity contribution in [3.05, 3.63) is 30.2 Å². The monoisotopic (exact) mass is 189 g/mol. The molecule has 0 spiro atoms. The molecule has 0 unspecified atom stereocenters. The molecule has 0 aromatic heterocycles. The van der Waals surface area contributed by atoms with Crippen molar-refractivity contribution in [3.8, 4) is 0 Å². The maximum absolute atomic E-state index is 12.1. The van der Waals surface area contributed by atoms with Crippen LogP contribution in [-0.4, -0.2) is 11.9 Å². The predicted molar refractivity (Wildman–Crippen MR) is 46.6 cm³/mol. The zero-order valence-electron chi connectivity index (χ0n) is 7.44. The van der Waals surface area contributed by atoms with Gasteiger partial charge >= 0.3 is 6.18 Å². The summed E-state index contributed by atoms with van der Waals surface area (Å²) >= 11 is 0. The summed E-state index contributed by atoms with van der Waals surface area (Å²) in [6.07, 6.45) is -2.25. The summed E-state index contributed by atoms with van der Waals surface area (Å²) in [5, 5.41) is 0. The van der Waals surface area contributed by atoms with Crippen LogP contribution < -0.4 is 0 Å². The first kappa shape index (κ1) is 11.7. The van der Waals surface area contributed by atoms with Crippen LogP contribution in [0.5, 0.6) is 0 Å². The SMILES string of the molecule is C=C=C/C(=N\C(C)=C/C)C(F)(F)F. The lowest BCUT2D eigenvalue weighted by Crippen LogP contribution is -2.20. The van der Waals surface area contributed by atoms with Gasteiger partial charge in [0.1, 0.15) is 0 Å². The van der Waals surface area contributed by atoms with E-state index < -0.39 is 11.9 Å². The molecule has 0 aliphatic heterocycles. The smallest absolute Gasteiger partial charge is 0.248 e. The van der Waals surface area contributed by atoms with Crippen molar-refractivity contribution < 1.29 is 13.2 Å². The fraction of sp³-hybridized carbons (Fsp3) is 0.333. The second-order valence-electron chi connectivity index (χ2n) is 2.27. The van der Waals surface area contributed by atoms with Crippen molar-refractivity contribution >= 4 is 5.71 Å². The van der Waals surface area contributed by atoms with Crippen LogP contribution in [0.4, 0.5) is 13.2 Å². The number of alkyl halides is 3. The number of rotatable bonds is 2. The molecule has 0 aliphatic carbocycles. The van der Waals surface area contributed by atoms with Gasteiger partial charge in [0.15, 0.2) is 5.71 Å². The average Bonchev–Trinajstić information content (AvgIpc) is 2.01. The van der Waals surface area contributed by atoms with E-state index in [-0.39, 0.29) is 0 Å². The maximum Gasteiger partial charge on any atom is 0.433 e. The Labute approximate surface area is 75.0 Å². The van der Waals surface area contributed by atoms with Crippen LogP contribution in [0.3, 0.4) is 0 Å². The van der Waals surface area contributed by atoms with Gasteiger partial charge in [-0.15, -0.1) is 5.73 Å². The van der Waals surface area contributed by atoms with E-state index in [1.807, 2.05) is 0 Å². The molecule has 0 aromatic carbocycles. The molecule has 0 saturated carbocycles. The summed E-state index contributed by atoms with van der Waals surface area (Å²) < 4.78 is 36.4. The Balaban J connectivity index is 5.04. The van der Waals surface area contributed by atoms with Crippen LogP contribution in [-0.2, 0) is 0 Å². The molecule has 0 bridgehead atoms. The quantitative estimate of drug-likeness (QED) is 0.467. The van der Waals surface area contributed by atoms with Crippen LogP contribution in [0.2, 0.25) is 0 Å². The van der Waals surface area contributed by atoms with Crippen LogP contribution >= 0.6 is 0 Å². The lowest BCUT2D eigenvalue weighted by Gasteiger charge is -2.05. The Morgan fingerprint density at radius 2 is 2.00 bits per heavy atom. The number of aliphatic imine (C=N–C) groups is 1. The third kappa shape index (κ3) is 4.33. The van der Waals surface area contributed by atoms with E-state index >= 15 is 0 Å². The first-order valence-corrected chi connectivity index (χ1v) is 3.56. The van der Waals surface area contributed by atoms with Crippen molar-refractivity contribution in [3.63, 3.8) is 0 Å². The summed E-state index contributed by atoms with van der Waals surface area (Å²) in [5.41, 5.74) is 1.37. The molecular formula is C9H10F3N. The molecule has 0 radical (unpaired) electrons. The van der Waals surface area contributed by atoms with Crippen molar-refractivity contribution in [1.29, 1.82) is 0 Å². The number of hydrogen-bond donors (Lipinski definition) is 0. The Morgan fingerprint density at radius 1 is 1.46 bits per heavy atom. The predicted octanol–water partition coefficient (Wildman–Crippen LogP) is 3.25. The highest BCUT2D eigenvalue weighted by Gasteiger charge is 2.33. The third-order valence-electron chi connectivity index (χ3n) is 1.24. The average molecular weight is 189 g/mol. The molecule has 0 N–H and O–H groups in total. The fourth-order valence-electron chi connectivity index (χ4n) is 0.529. The molecule has 1 nitrogen and oxygen atoms in total. The highest BCUT2D eigenvalue weighted by Crippen LogP contribution is 2.19. The number of allylic oxidation sites excluding steroid dienone is 3. The molecule has 0 aromatic rings. The minimum Gasteiger partial charge on any atom is -0.248 e. The van der Waals surface area contributed by atoms with E-state index in [1.54, 1.807) is 6.92 Å². The standard InChI is InChI=1S/C9H10F3N/c1-4-6-8(9(10,11)12)13-7(3)5-2/h5-6H,1H2,2-3H3/b7-5-,13-8+. The van der Waals surface area contributed by atoms with E-state index in [4.69, 9.17) is 0 Å². The molecular weight excluding hydrogens is 179 g/mol. The molecule has 0 aliphatic rings. The van der Waals surface area contributed by atoms with Crippen molar-refractivity contribution in [2.24, 2.45) is 4.99 Å². The summed E-state index contributed by atoms with van der Waals surface area (Å²) in [7, 11) is 0. The zero-order valence-corrected chi connectivity index (χ0v) is 7.44. The van der Waals surface area contributed by atoms with Crippen LogP contribution in [0.25, 0.3) is 0 Å². The number of hydrogen-bond acceptors (Lipinski definition) is 1. The molecule has 0 fully saturated rings. The van der Waals surface area contributed by atoms with Gasteiger partial charge in [0.2, 0.25) is 0 Å². The lowest BCUT2D eigenvalue weighted by molar-refractivity contribution is -0.0577. The number of halogens is 3. The maximum atomic E-state index is 12.1. The van der Waals surface area contributed by atoms with Crippen molar-refractivity contribution in [2.45, 2.75) is 20.0 Å². The van der Waals surface area contributed by atoms with Gasteiger partial charge < -0.3 is 0 Å². The van der Waals surface area contributed by atoms with Gasteiger partial charge in [0.05, 0.1) is 0 Å². The molecule has 0 saturated heterocycles. The topological polar surface area (TPSA) is 12.4 Å². The molecule has 13 heavy (non-hydrogen) atoms. The summed E-state index contributed by atoms with van der Waals surface area (Å²) in [5.74, 6) is 0.